The van der Waals surface area contributed by atoms with Crippen molar-refractivity contribution in [3.05, 3.63) is 29.8 Å². The summed E-state index contributed by atoms with van der Waals surface area (Å²) < 4.78 is 5.68. The molecule has 0 saturated carbocycles. The minimum atomic E-state index is 0.415. The predicted molar refractivity (Wildman–Crippen MR) is 80.2 cm³/mol. The molecule has 0 aliphatic rings. The summed E-state index contributed by atoms with van der Waals surface area (Å²) in [5.74, 6) is 0.854. The van der Waals surface area contributed by atoms with Crippen LogP contribution in [-0.4, -0.2) is 36.1 Å². The van der Waals surface area contributed by atoms with Crippen LogP contribution in [0.1, 0.15) is 25.8 Å². The number of ether oxygens (including phenoxy) is 1. The second kappa shape index (κ2) is 7.34. The topological polar surface area (TPSA) is 38.5 Å². The Morgan fingerprint density at radius 1 is 1.39 bits per heavy atom. The monoisotopic (exact) mass is 266 g/mol. The molecule has 3 nitrogen and oxygen atoms in total. The molecule has 0 saturated heterocycles. The third-order valence-electron chi connectivity index (χ3n) is 3.19. The first-order valence-electron chi connectivity index (χ1n) is 6.27. The molecule has 2 N–H and O–H groups in total. The zero-order chi connectivity index (χ0) is 13.5. The summed E-state index contributed by atoms with van der Waals surface area (Å²) in [6, 6.07) is 8.16. The van der Waals surface area contributed by atoms with Crippen LogP contribution in [0.15, 0.2) is 24.3 Å². The maximum Gasteiger partial charge on any atom is 0.119 e. The van der Waals surface area contributed by atoms with Gasteiger partial charge in [0.05, 0.1) is 0 Å². The van der Waals surface area contributed by atoms with Gasteiger partial charge in [-0.25, -0.2) is 0 Å². The second-order valence-corrected chi connectivity index (χ2v) is 4.91. The molecular formula is C14H22N2OS. The van der Waals surface area contributed by atoms with Crippen molar-refractivity contribution in [1.29, 1.82) is 0 Å². The molecule has 1 aromatic carbocycles. The molecule has 0 fully saturated rings. The van der Waals surface area contributed by atoms with Crippen LogP contribution < -0.4 is 10.5 Å². The molecule has 0 aliphatic heterocycles. The van der Waals surface area contributed by atoms with E-state index in [2.05, 4.69) is 25.8 Å². The highest BCUT2D eigenvalue weighted by molar-refractivity contribution is 7.80. The maximum absolute atomic E-state index is 5.68. The van der Waals surface area contributed by atoms with Crippen molar-refractivity contribution in [2.45, 2.75) is 26.3 Å². The standard InChI is InChI=1S/C14H22N2OS/c1-4-11(2)16(3)9-10-17-13-7-5-12(6-8-13)14(15)18/h5-8,11H,4,9-10H2,1-3H3,(H2,15,18). The molecule has 1 unspecified atom stereocenters. The quantitative estimate of drug-likeness (QED) is 0.769. The van der Waals surface area contributed by atoms with Crippen LogP contribution in [0.25, 0.3) is 0 Å². The van der Waals surface area contributed by atoms with Crippen molar-refractivity contribution < 1.29 is 4.74 Å². The van der Waals surface area contributed by atoms with E-state index in [0.717, 1.165) is 24.3 Å². The highest BCUT2D eigenvalue weighted by atomic mass is 32.1. The van der Waals surface area contributed by atoms with Crippen molar-refractivity contribution in [3.63, 3.8) is 0 Å². The highest BCUT2D eigenvalue weighted by Crippen LogP contribution is 2.12. The third-order valence-corrected chi connectivity index (χ3v) is 3.43. The Bertz CT molecular complexity index is 378. The van der Waals surface area contributed by atoms with E-state index in [0.29, 0.717) is 17.6 Å². The van der Waals surface area contributed by atoms with Gasteiger partial charge in [-0.05, 0) is 44.7 Å². The fraction of sp³-hybridized carbons (Fsp3) is 0.500. The first-order chi connectivity index (χ1) is 8.54. The summed E-state index contributed by atoms with van der Waals surface area (Å²) in [4.78, 5) is 2.71. The van der Waals surface area contributed by atoms with Crippen LogP contribution in [0.5, 0.6) is 5.75 Å². The summed E-state index contributed by atoms with van der Waals surface area (Å²) in [6.07, 6.45) is 1.15. The first kappa shape index (κ1) is 14.9. The smallest absolute Gasteiger partial charge is 0.119 e. The van der Waals surface area contributed by atoms with E-state index < -0.39 is 0 Å². The molecule has 0 aromatic heterocycles. The van der Waals surface area contributed by atoms with Gasteiger partial charge >= 0.3 is 0 Å². The average molecular weight is 266 g/mol. The highest BCUT2D eigenvalue weighted by Gasteiger charge is 2.06. The van der Waals surface area contributed by atoms with Gasteiger partial charge in [0.15, 0.2) is 0 Å². The Morgan fingerprint density at radius 2 is 2.00 bits per heavy atom. The Kier molecular flexibility index (Phi) is 6.09. The van der Waals surface area contributed by atoms with Crippen LogP contribution in [0, 0.1) is 0 Å². The number of rotatable bonds is 7. The lowest BCUT2D eigenvalue weighted by Gasteiger charge is -2.23. The molecule has 0 heterocycles. The van der Waals surface area contributed by atoms with Crippen LogP contribution in [0.4, 0.5) is 0 Å². The first-order valence-corrected chi connectivity index (χ1v) is 6.68. The molecule has 0 spiro atoms. The van der Waals surface area contributed by atoms with Crippen molar-refractivity contribution in [1.82, 2.24) is 4.90 Å². The van der Waals surface area contributed by atoms with Gasteiger partial charge in [-0.3, -0.25) is 0 Å². The average Bonchev–Trinajstić information content (AvgIpc) is 2.38. The van der Waals surface area contributed by atoms with Gasteiger partial charge in [-0.15, -0.1) is 0 Å². The number of hydrogen-bond donors (Lipinski definition) is 1. The van der Waals surface area contributed by atoms with Crippen molar-refractivity contribution in [2.24, 2.45) is 5.73 Å². The second-order valence-electron chi connectivity index (χ2n) is 4.47. The zero-order valence-corrected chi connectivity index (χ0v) is 12.2. The van der Waals surface area contributed by atoms with Gasteiger partial charge < -0.3 is 15.4 Å². The number of benzene rings is 1. The lowest BCUT2D eigenvalue weighted by atomic mass is 10.2. The summed E-state index contributed by atoms with van der Waals surface area (Å²) >= 11 is 4.90. The van der Waals surface area contributed by atoms with E-state index in [-0.39, 0.29) is 0 Å². The van der Waals surface area contributed by atoms with E-state index in [9.17, 15) is 0 Å². The Hall–Kier alpha value is -1.13. The molecule has 0 amide bonds. The zero-order valence-electron chi connectivity index (χ0n) is 11.3. The Morgan fingerprint density at radius 3 is 2.50 bits per heavy atom. The molecule has 1 aromatic rings. The lowest BCUT2D eigenvalue weighted by molar-refractivity contribution is 0.196. The molecule has 0 aliphatic carbocycles. The van der Waals surface area contributed by atoms with Gasteiger partial charge in [-0.1, -0.05) is 19.1 Å². The normalized spacial score (nSPS) is 12.4. The van der Waals surface area contributed by atoms with E-state index in [4.69, 9.17) is 22.7 Å². The summed E-state index contributed by atoms with van der Waals surface area (Å²) in [5.41, 5.74) is 6.41. The molecule has 0 radical (unpaired) electrons. The molecule has 4 heteroatoms. The van der Waals surface area contributed by atoms with Crippen LogP contribution >= 0.6 is 12.2 Å². The van der Waals surface area contributed by atoms with Crippen molar-refractivity contribution >= 4 is 17.2 Å². The minimum Gasteiger partial charge on any atom is -0.492 e. The van der Waals surface area contributed by atoms with Gasteiger partial charge in [0.1, 0.15) is 17.3 Å². The summed E-state index contributed by atoms with van der Waals surface area (Å²) in [6.45, 7) is 6.02. The van der Waals surface area contributed by atoms with Crippen molar-refractivity contribution in [3.8, 4) is 5.75 Å². The Balaban J connectivity index is 2.38. The van der Waals surface area contributed by atoms with E-state index in [1.165, 1.54) is 0 Å². The summed E-state index contributed by atoms with van der Waals surface area (Å²) in [7, 11) is 2.12. The molecule has 1 atom stereocenters. The third kappa shape index (κ3) is 4.63. The SMILES string of the molecule is CCC(C)N(C)CCOc1ccc(C(N)=S)cc1. The number of likely N-dealkylation sites (N-methyl/N-ethyl adjacent to an activating group) is 1. The van der Waals surface area contributed by atoms with Crippen molar-refractivity contribution in [2.75, 3.05) is 20.2 Å². The van der Waals surface area contributed by atoms with Crippen LogP contribution in [0.2, 0.25) is 0 Å². The van der Waals surface area contributed by atoms with E-state index in [1.807, 2.05) is 24.3 Å². The fourth-order valence-electron chi connectivity index (χ4n) is 1.55. The lowest BCUT2D eigenvalue weighted by Crippen LogP contribution is -2.32. The Labute approximate surface area is 115 Å². The number of hydrogen-bond acceptors (Lipinski definition) is 3. The molecule has 18 heavy (non-hydrogen) atoms. The molecule has 100 valence electrons. The largest absolute Gasteiger partial charge is 0.492 e. The van der Waals surface area contributed by atoms with Gasteiger partial charge in [0.25, 0.3) is 0 Å². The van der Waals surface area contributed by atoms with E-state index >= 15 is 0 Å². The van der Waals surface area contributed by atoms with Gasteiger partial charge in [0.2, 0.25) is 0 Å². The molecule has 1 rings (SSSR count). The van der Waals surface area contributed by atoms with E-state index in [1.54, 1.807) is 0 Å². The number of thiocarbonyl (C=S) groups is 1. The van der Waals surface area contributed by atoms with Gasteiger partial charge in [0, 0.05) is 18.2 Å². The van der Waals surface area contributed by atoms with Crippen LogP contribution in [-0.2, 0) is 0 Å². The van der Waals surface area contributed by atoms with Gasteiger partial charge in [-0.2, -0.15) is 0 Å². The number of nitrogens with zero attached hydrogens (tertiary/aromatic N) is 1. The number of nitrogens with two attached hydrogens (primary N) is 1. The molecular weight excluding hydrogens is 244 g/mol. The summed E-state index contributed by atoms with van der Waals surface area (Å²) in [5, 5.41) is 0. The predicted octanol–water partition coefficient (Wildman–Crippen LogP) is 2.43. The fourth-order valence-corrected chi connectivity index (χ4v) is 1.69. The maximum atomic E-state index is 5.68. The molecule has 0 bridgehead atoms. The van der Waals surface area contributed by atoms with Crippen LogP contribution in [0.3, 0.4) is 0 Å². The minimum absolute atomic E-state index is 0.415.